The Morgan fingerprint density at radius 3 is 1.53 bits per heavy atom. The highest BCUT2D eigenvalue weighted by Crippen LogP contribution is 2.44. The topological polar surface area (TPSA) is 17.3 Å². The lowest BCUT2D eigenvalue weighted by Gasteiger charge is -2.18. The molecule has 0 unspecified atom stereocenters. The second-order valence-electron chi connectivity index (χ2n) is 11.2. The number of imidazole rings is 1. The summed E-state index contributed by atoms with van der Waals surface area (Å²) in [6.45, 7) is 0. The second kappa shape index (κ2) is 9.40. The van der Waals surface area contributed by atoms with Gasteiger partial charge >= 0.3 is 0 Å². The van der Waals surface area contributed by atoms with Gasteiger partial charge in [0, 0.05) is 5.39 Å². The highest BCUT2D eigenvalue weighted by atomic mass is 15.0. The van der Waals surface area contributed by atoms with Crippen molar-refractivity contribution in [2.45, 2.75) is 0 Å². The van der Waals surface area contributed by atoms with Crippen molar-refractivity contribution in [1.29, 1.82) is 0 Å². The van der Waals surface area contributed by atoms with E-state index in [1.54, 1.807) is 0 Å². The Labute approximate surface area is 249 Å². The number of benzene rings is 7. The summed E-state index contributed by atoms with van der Waals surface area (Å²) < 4.78 is 2.31. The first kappa shape index (κ1) is 23.9. The molecular formula is C41H26N2. The van der Waals surface area contributed by atoms with E-state index in [1.165, 1.54) is 49.2 Å². The van der Waals surface area contributed by atoms with Crippen LogP contribution in [0.5, 0.6) is 0 Å². The molecular weight excluding hydrogens is 520 g/mol. The van der Waals surface area contributed by atoms with Gasteiger partial charge in [-0.05, 0) is 72.9 Å². The molecule has 9 aromatic rings. The standard InChI is InChI=1S/C41H26N2/c1-2-12-28(13-3-1)39-32-16-6-8-18-34(32)40(35-19-9-7-17-33(35)39)29-24-22-27(23-25-29)38-26-30-14-4-5-15-31(30)41-42-36-20-10-11-21-37(36)43(38)41/h1-26H. The highest BCUT2D eigenvalue weighted by Gasteiger charge is 2.17. The van der Waals surface area contributed by atoms with Crippen molar-refractivity contribution in [2.75, 3.05) is 0 Å². The monoisotopic (exact) mass is 546 g/mol. The third-order valence-corrected chi connectivity index (χ3v) is 8.76. The van der Waals surface area contributed by atoms with Crippen LogP contribution < -0.4 is 0 Å². The molecule has 0 N–H and O–H groups in total. The number of rotatable bonds is 3. The highest BCUT2D eigenvalue weighted by molar-refractivity contribution is 6.21. The van der Waals surface area contributed by atoms with Crippen LogP contribution in [0.1, 0.15) is 0 Å². The molecule has 0 saturated carbocycles. The fourth-order valence-corrected chi connectivity index (χ4v) is 6.86. The molecule has 0 fully saturated rings. The van der Waals surface area contributed by atoms with Crippen LogP contribution in [0.15, 0.2) is 158 Å². The van der Waals surface area contributed by atoms with E-state index in [0.29, 0.717) is 0 Å². The Bertz CT molecular complexity index is 2430. The predicted octanol–water partition coefficient (Wildman–Crippen LogP) is 10.9. The van der Waals surface area contributed by atoms with Crippen molar-refractivity contribution in [3.8, 4) is 33.5 Å². The van der Waals surface area contributed by atoms with E-state index in [4.69, 9.17) is 4.98 Å². The van der Waals surface area contributed by atoms with Gasteiger partial charge < -0.3 is 0 Å². The van der Waals surface area contributed by atoms with Gasteiger partial charge in [0.15, 0.2) is 0 Å². The number of hydrogen-bond donors (Lipinski definition) is 0. The maximum Gasteiger partial charge on any atom is 0.146 e. The van der Waals surface area contributed by atoms with Gasteiger partial charge in [-0.1, -0.05) is 140 Å². The fourth-order valence-electron chi connectivity index (χ4n) is 6.86. The van der Waals surface area contributed by atoms with Crippen molar-refractivity contribution in [1.82, 2.24) is 9.38 Å². The second-order valence-corrected chi connectivity index (χ2v) is 11.2. The molecule has 2 aromatic heterocycles. The van der Waals surface area contributed by atoms with Gasteiger partial charge in [0.25, 0.3) is 0 Å². The molecule has 9 rings (SSSR count). The van der Waals surface area contributed by atoms with Crippen LogP contribution in [0.25, 0.3) is 82.5 Å². The molecule has 2 heteroatoms. The van der Waals surface area contributed by atoms with E-state index >= 15 is 0 Å². The zero-order chi connectivity index (χ0) is 28.3. The zero-order valence-corrected chi connectivity index (χ0v) is 23.4. The van der Waals surface area contributed by atoms with E-state index in [2.05, 4.69) is 162 Å². The largest absolute Gasteiger partial charge is 0.292 e. The van der Waals surface area contributed by atoms with Gasteiger partial charge in [0.05, 0.1) is 16.7 Å². The summed E-state index contributed by atoms with van der Waals surface area (Å²) in [7, 11) is 0. The molecule has 0 amide bonds. The van der Waals surface area contributed by atoms with Crippen LogP contribution in [0.4, 0.5) is 0 Å². The first-order chi connectivity index (χ1) is 21.3. The normalized spacial score (nSPS) is 11.7. The summed E-state index contributed by atoms with van der Waals surface area (Å²) >= 11 is 0. The molecule has 2 nitrogen and oxygen atoms in total. The third kappa shape index (κ3) is 3.63. The first-order valence-corrected chi connectivity index (χ1v) is 14.7. The van der Waals surface area contributed by atoms with Crippen molar-refractivity contribution in [3.05, 3.63) is 158 Å². The smallest absolute Gasteiger partial charge is 0.146 e. The van der Waals surface area contributed by atoms with Crippen LogP contribution in [-0.2, 0) is 0 Å². The van der Waals surface area contributed by atoms with Crippen molar-refractivity contribution in [3.63, 3.8) is 0 Å². The number of fused-ring (bicyclic) bond motifs is 7. The molecule has 0 radical (unpaired) electrons. The van der Waals surface area contributed by atoms with Crippen molar-refractivity contribution in [2.24, 2.45) is 0 Å². The minimum atomic E-state index is 0.992. The minimum absolute atomic E-state index is 0.992. The lowest BCUT2D eigenvalue weighted by atomic mass is 9.86. The van der Waals surface area contributed by atoms with Crippen LogP contribution in [0, 0.1) is 0 Å². The molecule has 0 aliphatic carbocycles. The summed E-state index contributed by atoms with van der Waals surface area (Å²) in [5, 5.41) is 7.43. The lowest BCUT2D eigenvalue weighted by molar-refractivity contribution is 1.25. The van der Waals surface area contributed by atoms with Gasteiger partial charge in [-0.3, -0.25) is 4.40 Å². The summed E-state index contributed by atoms with van der Waals surface area (Å²) in [5.74, 6) is 0. The fraction of sp³-hybridized carbons (Fsp3) is 0. The van der Waals surface area contributed by atoms with Gasteiger partial charge in [0.1, 0.15) is 5.65 Å². The quantitative estimate of drug-likeness (QED) is 0.201. The van der Waals surface area contributed by atoms with Gasteiger partial charge in [-0.25, -0.2) is 4.98 Å². The van der Waals surface area contributed by atoms with E-state index in [0.717, 1.165) is 33.3 Å². The SMILES string of the molecule is c1ccc(-c2c3ccccc3c(-c3ccc(-c4cc5ccccc5c5nc6ccccc6n45)cc3)c3ccccc23)cc1. The van der Waals surface area contributed by atoms with E-state index in [-0.39, 0.29) is 0 Å². The number of hydrogen-bond acceptors (Lipinski definition) is 1. The molecule has 0 saturated heterocycles. The minimum Gasteiger partial charge on any atom is -0.292 e. The Balaban J connectivity index is 1.29. The van der Waals surface area contributed by atoms with Crippen LogP contribution in [0.3, 0.4) is 0 Å². The molecule has 0 spiro atoms. The van der Waals surface area contributed by atoms with Gasteiger partial charge in [-0.2, -0.15) is 0 Å². The predicted molar refractivity (Wildman–Crippen MR) is 182 cm³/mol. The summed E-state index contributed by atoms with van der Waals surface area (Å²) in [5.41, 5.74) is 10.4. The first-order valence-electron chi connectivity index (χ1n) is 14.7. The van der Waals surface area contributed by atoms with E-state index in [9.17, 15) is 0 Å². The lowest BCUT2D eigenvalue weighted by Crippen LogP contribution is -1.94. The van der Waals surface area contributed by atoms with Gasteiger partial charge in [-0.15, -0.1) is 0 Å². The number of aromatic nitrogens is 2. The Hall–Kier alpha value is -5.73. The van der Waals surface area contributed by atoms with Crippen molar-refractivity contribution >= 4 is 49.0 Å². The van der Waals surface area contributed by atoms with Crippen molar-refractivity contribution < 1.29 is 0 Å². The maximum atomic E-state index is 5.06. The Kier molecular flexibility index (Phi) is 5.23. The van der Waals surface area contributed by atoms with E-state index in [1.807, 2.05) is 0 Å². The Morgan fingerprint density at radius 1 is 0.395 bits per heavy atom. The molecule has 7 aromatic carbocycles. The number of pyridine rings is 1. The number of nitrogens with zero attached hydrogens (tertiary/aromatic N) is 2. The average Bonchev–Trinajstić information content (AvgIpc) is 3.47. The Morgan fingerprint density at radius 2 is 0.884 bits per heavy atom. The molecule has 43 heavy (non-hydrogen) atoms. The molecule has 0 atom stereocenters. The molecule has 0 aliphatic heterocycles. The summed E-state index contributed by atoms with van der Waals surface area (Å²) in [6, 6.07) is 56.8. The molecule has 0 aliphatic rings. The molecule has 0 bridgehead atoms. The number of para-hydroxylation sites is 2. The zero-order valence-electron chi connectivity index (χ0n) is 23.4. The summed E-state index contributed by atoms with van der Waals surface area (Å²) in [4.78, 5) is 5.06. The van der Waals surface area contributed by atoms with Crippen LogP contribution >= 0.6 is 0 Å². The third-order valence-electron chi connectivity index (χ3n) is 8.76. The average molecular weight is 547 g/mol. The molecule has 200 valence electrons. The van der Waals surface area contributed by atoms with Gasteiger partial charge in [0.2, 0.25) is 0 Å². The van der Waals surface area contributed by atoms with E-state index < -0.39 is 0 Å². The van der Waals surface area contributed by atoms with Crippen LogP contribution in [-0.4, -0.2) is 9.38 Å². The molecule has 2 heterocycles. The maximum absolute atomic E-state index is 5.06. The summed E-state index contributed by atoms with van der Waals surface area (Å²) in [6.07, 6.45) is 0. The van der Waals surface area contributed by atoms with Crippen LogP contribution in [0.2, 0.25) is 0 Å².